The van der Waals surface area contributed by atoms with E-state index in [9.17, 15) is 14.4 Å². The van der Waals surface area contributed by atoms with Crippen LogP contribution in [0.25, 0.3) is 6.08 Å². The van der Waals surface area contributed by atoms with E-state index in [1.807, 2.05) is 6.92 Å². The van der Waals surface area contributed by atoms with Gasteiger partial charge in [0.15, 0.2) is 11.5 Å². The average Bonchev–Trinajstić information content (AvgIpc) is 2.94. The van der Waals surface area contributed by atoms with Crippen molar-refractivity contribution >= 4 is 52.2 Å². The molecule has 2 rings (SSSR count). The highest BCUT2D eigenvalue weighted by atomic mass is 32.2. The quantitative estimate of drug-likeness (QED) is 0.447. The molecule has 8 nitrogen and oxygen atoms in total. The van der Waals surface area contributed by atoms with Crippen LogP contribution in [0.5, 0.6) is 11.5 Å². The van der Waals surface area contributed by atoms with E-state index in [0.29, 0.717) is 27.3 Å². The maximum absolute atomic E-state index is 12.7. The average molecular weight is 439 g/mol. The summed E-state index contributed by atoms with van der Waals surface area (Å²) >= 11 is 6.40. The van der Waals surface area contributed by atoms with Crippen LogP contribution in [0.15, 0.2) is 23.1 Å². The third-order valence-electron chi connectivity index (χ3n) is 3.97. The lowest BCUT2D eigenvalue weighted by Gasteiger charge is -2.15. The van der Waals surface area contributed by atoms with Crippen molar-refractivity contribution < 1.29 is 29.0 Å². The molecule has 0 unspecified atom stereocenters. The number of carbonyl (C=O) groups is 3. The molecule has 10 heteroatoms. The fraction of sp³-hybridized carbons (Fsp3) is 0.368. The second-order valence-electron chi connectivity index (χ2n) is 6.05. The molecule has 0 spiro atoms. The van der Waals surface area contributed by atoms with Crippen LogP contribution in [0.1, 0.15) is 25.8 Å². The zero-order valence-corrected chi connectivity index (χ0v) is 17.9. The number of nitrogens with one attached hydrogen (secondary N) is 1. The van der Waals surface area contributed by atoms with Gasteiger partial charge in [0.25, 0.3) is 5.91 Å². The highest BCUT2D eigenvalue weighted by Gasteiger charge is 2.32. The fourth-order valence-electron chi connectivity index (χ4n) is 2.48. The number of thiocarbonyl (C=S) groups is 1. The molecule has 1 aliphatic heterocycles. The maximum Gasteiger partial charge on any atom is 0.325 e. The number of hydrogen-bond donors (Lipinski definition) is 2. The summed E-state index contributed by atoms with van der Waals surface area (Å²) in [7, 11) is 1.54. The smallest absolute Gasteiger partial charge is 0.325 e. The Balaban J connectivity index is 2.06. The van der Waals surface area contributed by atoms with Crippen LogP contribution in [0, 0.1) is 0 Å². The third-order valence-corrected chi connectivity index (χ3v) is 5.35. The molecule has 2 N–H and O–H groups in total. The van der Waals surface area contributed by atoms with E-state index in [4.69, 9.17) is 26.8 Å². The number of nitrogens with zero attached hydrogens (tertiary/aromatic N) is 1. The van der Waals surface area contributed by atoms with Crippen molar-refractivity contribution in [1.82, 2.24) is 10.2 Å². The van der Waals surface area contributed by atoms with E-state index >= 15 is 0 Å². The van der Waals surface area contributed by atoms with Gasteiger partial charge in [-0.3, -0.25) is 19.3 Å². The summed E-state index contributed by atoms with van der Waals surface area (Å²) in [6.07, 6.45) is 1.65. The number of carboxylic acid groups (broad SMARTS) is 1. The van der Waals surface area contributed by atoms with Crippen molar-refractivity contribution in [3.63, 3.8) is 0 Å². The Bertz CT molecular complexity index is 855. The summed E-state index contributed by atoms with van der Waals surface area (Å²) in [4.78, 5) is 37.1. The van der Waals surface area contributed by atoms with Crippen LogP contribution < -0.4 is 14.8 Å². The zero-order chi connectivity index (χ0) is 21.6. The predicted octanol–water partition coefficient (Wildman–Crippen LogP) is 2.27. The third kappa shape index (κ3) is 5.94. The standard InChI is InChI=1S/C19H22N2O6S2/c1-4-27-13-6-5-12(9-14(13)26-3)10-15-17(23)21(19(28)29-15)8-7-16(22)20-11(2)18(24)25/h5-6,9-11H,4,7-8H2,1-3H3,(H,20,22)(H,24,25)/b15-10+/t11-/m0/s1. The summed E-state index contributed by atoms with van der Waals surface area (Å²) < 4.78 is 11.1. The number of benzene rings is 1. The van der Waals surface area contributed by atoms with Crippen LogP contribution in [0.4, 0.5) is 0 Å². The summed E-state index contributed by atoms with van der Waals surface area (Å²) in [5.41, 5.74) is 0.749. The number of rotatable bonds is 9. The van der Waals surface area contributed by atoms with Gasteiger partial charge in [-0.1, -0.05) is 30.0 Å². The van der Waals surface area contributed by atoms with Crippen LogP contribution in [0.2, 0.25) is 0 Å². The Morgan fingerprint density at radius 3 is 2.72 bits per heavy atom. The molecule has 1 aromatic carbocycles. The van der Waals surface area contributed by atoms with Crippen LogP contribution >= 0.6 is 24.0 Å². The Hall–Kier alpha value is -2.59. The molecule has 1 heterocycles. The zero-order valence-electron chi connectivity index (χ0n) is 16.3. The van der Waals surface area contributed by atoms with Gasteiger partial charge in [0.05, 0.1) is 18.6 Å². The Labute approximate surface area is 178 Å². The minimum absolute atomic E-state index is 0.0474. The molecule has 2 amide bonds. The monoisotopic (exact) mass is 438 g/mol. The first kappa shape index (κ1) is 22.7. The number of methoxy groups -OCH3 is 1. The molecule has 156 valence electrons. The number of aliphatic carboxylic acids is 1. The number of carboxylic acids is 1. The molecule has 0 saturated carbocycles. The van der Waals surface area contributed by atoms with Gasteiger partial charge in [0.2, 0.25) is 5.91 Å². The second kappa shape index (κ2) is 10.3. The van der Waals surface area contributed by atoms with Gasteiger partial charge in [-0.15, -0.1) is 0 Å². The first-order valence-electron chi connectivity index (χ1n) is 8.85. The van der Waals surface area contributed by atoms with Gasteiger partial charge in [0.1, 0.15) is 10.4 Å². The van der Waals surface area contributed by atoms with Crippen LogP contribution in [-0.2, 0) is 14.4 Å². The van der Waals surface area contributed by atoms with Gasteiger partial charge >= 0.3 is 5.97 Å². The molecule has 1 aromatic rings. The second-order valence-corrected chi connectivity index (χ2v) is 7.73. The summed E-state index contributed by atoms with van der Waals surface area (Å²) in [6.45, 7) is 3.83. The molecule has 0 bridgehead atoms. The van der Waals surface area contributed by atoms with Crippen molar-refractivity contribution in [2.75, 3.05) is 20.3 Å². The molecule has 0 radical (unpaired) electrons. The molecule has 1 aliphatic rings. The van der Waals surface area contributed by atoms with Crippen molar-refractivity contribution in [3.05, 3.63) is 28.7 Å². The fourth-order valence-corrected chi connectivity index (χ4v) is 3.79. The topological polar surface area (TPSA) is 105 Å². The van der Waals surface area contributed by atoms with Crippen molar-refractivity contribution in [3.8, 4) is 11.5 Å². The van der Waals surface area contributed by atoms with Crippen LogP contribution in [-0.4, -0.2) is 58.4 Å². The Morgan fingerprint density at radius 2 is 2.10 bits per heavy atom. The van der Waals surface area contributed by atoms with E-state index in [0.717, 1.165) is 17.3 Å². The van der Waals surface area contributed by atoms with Gasteiger partial charge in [0, 0.05) is 13.0 Å². The van der Waals surface area contributed by atoms with E-state index in [1.54, 1.807) is 24.3 Å². The van der Waals surface area contributed by atoms with E-state index < -0.39 is 17.9 Å². The molecular weight excluding hydrogens is 416 g/mol. The lowest BCUT2D eigenvalue weighted by molar-refractivity contribution is -0.141. The lowest BCUT2D eigenvalue weighted by Crippen LogP contribution is -2.40. The molecule has 1 fully saturated rings. The van der Waals surface area contributed by atoms with Crippen molar-refractivity contribution in [2.45, 2.75) is 26.3 Å². The molecule has 1 atom stereocenters. The van der Waals surface area contributed by atoms with E-state index in [1.165, 1.54) is 18.9 Å². The van der Waals surface area contributed by atoms with E-state index in [2.05, 4.69) is 5.32 Å². The van der Waals surface area contributed by atoms with E-state index in [-0.39, 0.29) is 18.9 Å². The molecule has 29 heavy (non-hydrogen) atoms. The normalized spacial score (nSPS) is 16.1. The molecule has 0 aromatic heterocycles. The number of ether oxygens (including phenoxy) is 2. The number of thioether (sulfide) groups is 1. The first-order valence-corrected chi connectivity index (χ1v) is 10.1. The maximum atomic E-state index is 12.7. The Kier molecular flexibility index (Phi) is 8.03. The molecular formula is C19H22N2O6S2. The molecule has 0 aliphatic carbocycles. The van der Waals surface area contributed by atoms with Gasteiger partial charge in [-0.05, 0) is 37.6 Å². The largest absolute Gasteiger partial charge is 0.493 e. The van der Waals surface area contributed by atoms with Gasteiger partial charge in [-0.25, -0.2) is 0 Å². The minimum atomic E-state index is -1.13. The minimum Gasteiger partial charge on any atom is -0.493 e. The van der Waals surface area contributed by atoms with Crippen molar-refractivity contribution in [2.24, 2.45) is 0 Å². The van der Waals surface area contributed by atoms with Gasteiger partial charge < -0.3 is 19.9 Å². The van der Waals surface area contributed by atoms with Crippen LogP contribution in [0.3, 0.4) is 0 Å². The Morgan fingerprint density at radius 1 is 1.38 bits per heavy atom. The number of amides is 2. The molecule has 1 saturated heterocycles. The highest BCUT2D eigenvalue weighted by molar-refractivity contribution is 8.26. The van der Waals surface area contributed by atoms with Crippen molar-refractivity contribution in [1.29, 1.82) is 0 Å². The number of carbonyl (C=O) groups excluding carboxylic acids is 2. The lowest BCUT2D eigenvalue weighted by atomic mass is 10.2. The van der Waals surface area contributed by atoms with Gasteiger partial charge in [-0.2, -0.15) is 0 Å². The summed E-state index contributed by atoms with van der Waals surface area (Å²) in [5, 5.41) is 11.2. The predicted molar refractivity (Wildman–Crippen MR) is 114 cm³/mol. The summed E-state index contributed by atoms with van der Waals surface area (Å²) in [5.74, 6) is -0.722. The number of hydrogen-bond acceptors (Lipinski definition) is 7. The first-order chi connectivity index (χ1) is 13.8. The highest BCUT2D eigenvalue weighted by Crippen LogP contribution is 2.34. The SMILES string of the molecule is CCOc1ccc(/C=C2/SC(=S)N(CCC(=O)N[C@@H](C)C(=O)O)C2=O)cc1OC. The summed E-state index contributed by atoms with van der Waals surface area (Å²) in [6, 6.07) is 4.34.